The Balaban J connectivity index is 1.53. The van der Waals surface area contributed by atoms with Gasteiger partial charge in [0.05, 0.1) is 0 Å². The summed E-state index contributed by atoms with van der Waals surface area (Å²) in [5, 5.41) is 2.33. The van der Waals surface area contributed by atoms with Gasteiger partial charge >= 0.3 is 0 Å². The fourth-order valence-corrected chi connectivity index (χ4v) is 4.01. The van der Waals surface area contributed by atoms with Crippen LogP contribution in [0.25, 0.3) is 0 Å². The van der Waals surface area contributed by atoms with Gasteiger partial charge in [0, 0.05) is 66.5 Å². The first-order valence-electron chi connectivity index (χ1n) is 8.46. The van der Waals surface area contributed by atoms with E-state index in [0.717, 1.165) is 37.4 Å². The van der Waals surface area contributed by atoms with Gasteiger partial charge in [-0.1, -0.05) is 0 Å². The molecular formula is C17H19BrN4O3. The molecule has 1 aromatic carbocycles. The van der Waals surface area contributed by atoms with Gasteiger partial charge in [-0.3, -0.25) is 19.7 Å². The van der Waals surface area contributed by atoms with Crippen LogP contribution in [0.2, 0.25) is 0 Å². The molecule has 0 aromatic heterocycles. The molecule has 3 amide bonds. The molecule has 1 unspecified atom stereocenters. The zero-order valence-electron chi connectivity index (χ0n) is 13.7. The first-order valence-corrected chi connectivity index (χ1v) is 9.17. The van der Waals surface area contributed by atoms with Gasteiger partial charge in [-0.2, -0.15) is 0 Å². The maximum absolute atomic E-state index is 12.7. The Kier molecular flexibility index (Phi) is 4.24. The number of imide groups is 1. The quantitative estimate of drug-likeness (QED) is 0.582. The van der Waals surface area contributed by atoms with E-state index in [-0.39, 0.29) is 24.1 Å². The molecule has 1 N–H and O–H groups in total. The average molecular weight is 407 g/mol. The topological polar surface area (TPSA) is 73.0 Å². The molecular weight excluding hydrogens is 388 g/mol. The number of benzene rings is 1. The standard InChI is InChI=1S/C17H19BrN4O3/c18-21-7-5-20(6-8-21)12-1-2-13-11(9-12)10-22(17(13)25)14-3-4-15(23)19-16(14)24/h1-2,9,14H,3-8,10H2,(H,19,23,24). The number of carbonyl (C=O) groups excluding carboxylic acids is 3. The number of carbonyl (C=O) groups is 3. The van der Waals surface area contributed by atoms with Crippen molar-refractivity contribution in [3.8, 4) is 0 Å². The lowest BCUT2D eigenvalue weighted by Crippen LogP contribution is -2.52. The molecule has 4 rings (SSSR count). The SMILES string of the molecule is O=C1CCC(N2Cc3cc(N4CCN(Br)CC4)ccc3C2=O)C(=O)N1. The molecule has 3 heterocycles. The van der Waals surface area contributed by atoms with Gasteiger partial charge in [-0.25, -0.2) is 3.93 Å². The molecule has 0 aliphatic carbocycles. The smallest absolute Gasteiger partial charge is 0.255 e. The zero-order chi connectivity index (χ0) is 17.6. The van der Waals surface area contributed by atoms with Crippen LogP contribution in [0.5, 0.6) is 0 Å². The molecule has 8 heteroatoms. The molecule has 0 saturated carbocycles. The number of nitrogens with one attached hydrogen (secondary N) is 1. The van der Waals surface area contributed by atoms with Crippen molar-refractivity contribution in [1.82, 2.24) is 14.1 Å². The van der Waals surface area contributed by atoms with Crippen molar-refractivity contribution in [2.75, 3.05) is 31.1 Å². The van der Waals surface area contributed by atoms with Crippen molar-refractivity contribution < 1.29 is 14.4 Å². The highest BCUT2D eigenvalue weighted by Gasteiger charge is 2.39. The maximum atomic E-state index is 12.7. The van der Waals surface area contributed by atoms with Crippen LogP contribution >= 0.6 is 16.1 Å². The molecule has 132 valence electrons. The first-order chi connectivity index (χ1) is 12.0. The van der Waals surface area contributed by atoms with E-state index in [4.69, 9.17) is 0 Å². The Morgan fingerprint density at radius 3 is 2.56 bits per heavy atom. The molecule has 1 atom stereocenters. The third-order valence-electron chi connectivity index (χ3n) is 5.10. The summed E-state index contributed by atoms with van der Waals surface area (Å²) in [6, 6.07) is 5.34. The highest BCUT2D eigenvalue weighted by Crippen LogP contribution is 2.31. The van der Waals surface area contributed by atoms with Crippen molar-refractivity contribution in [1.29, 1.82) is 0 Å². The molecule has 1 aromatic rings. The lowest BCUT2D eigenvalue weighted by atomic mass is 10.0. The minimum absolute atomic E-state index is 0.124. The van der Waals surface area contributed by atoms with Crippen LogP contribution in [0.4, 0.5) is 5.69 Å². The van der Waals surface area contributed by atoms with E-state index < -0.39 is 6.04 Å². The normalized spacial score (nSPS) is 24.5. The van der Waals surface area contributed by atoms with E-state index in [0.29, 0.717) is 18.5 Å². The van der Waals surface area contributed by atoms with Gasteiger partial charge in [0.1, 0.15) is 6.04 Å². The van der Waals surface area contributed by atoms with Gasteiger partial charge in [-0.15, -0.1) is 0 Å². The molecule has 2 fully saturated rings. The molecule has 0 spiro atoms. The van der Waals surface area contributed by atoms with Crippen LogP contribution in [-0.2, 0) is 16.1 Å². The van der Waals surface area contributed by atoms with E-state index >= 15 is 0 Å². The molecule has 0 bridgehead atoms. The van der Waals surface area contributed by atoms with Gasteiger partial charge in [0.25, 0.3) is 5.91 Å². The summed E-state index contributed by atoms with van der Waals surface area (Å²) in [5.41, 5.74) is 2.72. The molecule has 3 aliphatic rings. The number of halogens is 1. The Morgan fingerprint density at radius 2 is 1.84 bits per heavy atom. The number of rotatable bonds is 2. The van der Waals surface area contributed by atoms with Gasteiger partial charge in [-0.05, 0) is 30.2 Å². The molecule has 25 heavy (non-hydrogen) atoms. The number of hydrogen-bond acceptors (Lipinski definition) is 5. The minimum Gasteiger partial charge on any atom is -0.369 e. The molecule has 2 saturated heterocycles. The molecule has 0 radical (unpaired) electrons. The third kappa shape index (κ3) is 3.04. The second-order valence-corrected chi connectivity index (χ2v) is 7.64. The van der Waals surface area contributed by atoms with Crippen LogP contribution in [0, 0.1) is 0 Å². The summed E-state index contributed by atoms with van der Waals surface area (Å²) >= 11 is 3.50. The fraction of sp³-hybridized carbons (Fsp3) is 0.471. The molecule has 3 aliphatic heterocycles. The van der Waals surface area contributed by atoms with E-state index in [2.05, 4.69) is 36.4 Å². The lowest BCUT2D eigenvalue weighted by molar-refractivity contribution is -0.136. The van der Waals surface area contributed by atoms with Crippen LogP contribution in [-0.4, -0.2) is 58.8 Å². The summed E-state index contributed by atoms with van der Waals surface area (Å²) < 4.78 is 2.12. The van der Waals surface area contributed by atoms with E-state index in [1.165, 1.54) is 0 Å². The summed E-state index contributed by atoms with van der Waals surface area (Å²) in [7, 11) is 0. The van der Waals surface area contributed by atoms with Crippen LogP contribution in [0.1, 0.15) is 28.8 Å². The van der Waals surface area contributed by atoms with E-state index in [1.807, 2.05) is 12.1 Å². The fourth-order valence-electron chi connectivity index (χ4n) is 3.70. The van der Waals surface area contributed by atoms with Gasteiger partial charge in [0.15, 0.2) is 0 Å². The van der Waals surface area contributed by atoms with Crippen molar-refractivity contribution in [3.63, 3.8) is 0 Å². The maximum Gasteiger partial charge on any atom is 0.255 e. The average Bonchev–Trinajstić information content (AvgIpc) is 2.92. The third-order valence-corrected chi connectivity index (χ3v) is 5.81. The van der Waals surface area contributed by atoms with Crippen molar-refractivity contribution in [2.24, 2.45) is 0 Å². The summed E-state index contributed by atoms with van der Waals surface area (Å²) in [5.74, 6) is -0.758. The second-order valence-electron chi connectivity index (χ2n) is 6.64. The van der Waals surface area contributed by atoms with Crippen molar-refractivity contribution >= 4 is 39.6 Å². The van der Waals surface area contributed by atoms with Gasteiger partial charge in [0.2, 0.25) is 11.8 Å². The summed E-state index contributed by atoms with van der Waals surface area (Å²) in [6.07, 6.45) is 0.670. The lowest BCUT2D eigenvalue weighted by Gasteiger charge is -2.33. The van der Waals surface area contributed by atoms with Crippen LogP contribution in [0.15, 0.2) is 18.2 Å². The zero-order valence-corrected chi connectivity index (χ0v) is 15.3. The van der Waals surface area contributed by atoms with Gasteiger partial charge < -0.3 is 9.80 Å². The van der Waals surface area contributed by atoms with Crippen LogP contribution < -0.4 is 10.2 Å². The molecule has 7 nitrogen and oxygen atoms in total. The number of piperazine rings is 1. The first kappa shape index (κ1) is 16.5. The Morgan fingerprint density at radius 1 is 1.08 bits per heavy atom. The monoisotopic (exact) mass is 406 g/mol. The van der Waals surface area contributed by atoms with E-state index in [1.54, 1.807) is 4.90 Å². The summed E-state index contributed by atoms with van der Waals surface area (Å²) in [4.78, 5) is 40.0. The van der Waals surface area contributed by atoms with Crippen molar-refractivity contribution in [2.45, 2.75) is 25.4 Å². The summed E-state index contributed by atoms with van der Waals surface area (Å²) in [6.45, 7) is 4.16. The van der Waals surface area contributed by atoms with Crippen molar-refractivity contribution in [3.05, 3.63) is 29.3 Å². The Labute approximate surface area is 154 Å². The van der Waals surface area contributed by atoms with E-state index in [9.17, 15) is 14.4 Å². The number of fused-ring (bicyclic) bond motifs is 1. The highest BCUT2D eigenvalue weighted by molar-refractivity contribution is 9.07. The Hall–Kier alpha value is -1.93. The number of anilines is 1. The number of piperidine rings is 1. The second kappa shape index (κ2) is 6.42. The number of hydrogen-bond donors (Lipinski definition) is 1. The predicted octanol–water partition coefficient (Wildman–Crippen LogP) is 0.879. The highest BCUT2D eigenvalue weighted by atomic mass is 79.9. The number of nitrogens with zero attached hydrogens (tertiary/aromatic N) is 3. The number of amides is 3. The van der Waals surface area contributed by atoms with Crippen LogP contribution in [0.3, 0.4) is 0 Å². The minimum atomic E-state index is -0.557. The Bertz CT molecular complexity index is 745. The predicted molar refractivity (Wildman–Crippen MR) is 95.2 cm³/mol. The largest absolute Gasteiger partial charge is 0.369 e.